The van der Waals surface area contributed by atoms with Crippen molar-refractivity contribution in [2.24, 2.45) is 0 Å². The average molecular weight is 301 g/mol. The number of esters is 1. The molecule has 0 N–H and O–H groups in total. The largest absolute Gasteiger partial charge is 0.469 e. The third-order valence-electron chi connectivity index (χ3n) is 4.61. The maximum absolute atomic E-state index is 11.1. The number of methoxy groups -OCH3 is 1. The summed E-state index contributed by atoms with van der Waals surface area (Å²) in [6.45, 7) is 1.85. The molecule has 0 aromatic rings. The zero-order valence-electron chi connectivity index (χ0n) is 12.7. The highest BCUT2D eigenvalue weighted by Gasteiger charge is 2.39. The van der Waals surface area contributed by atoms with Gasteiger partial charge in [-0.2, -0.15) is 11.8 Å². The van der Waals surface area contributed by atoms with E-state index in [1.165, 1.54) is 31.5 Å². The van der Waals surface area contributed by atoms with Crippen molar-refractivity contribution in [1.82, 2.24) is 4.90 Å². The van der Waals surface area contributed by atoms with E-state index in [0.29, 0.717) is 12.5 Å². The molecule has 0 aromatic heterocycles. The lowest BCUT2D eigenvalue weighted by molar-refractivity contribution is -0.141. The summed E-state index contributed by atoms with van der Waals surface area (Å²) in [7, 11) is 3.63. The molecule has 0 aliphatic carbocycles. The number of hydrogen-bond donors (Lipinski definition) is 0. The first-order valence-electron chi connectivity index (χ1n) is 7.64. The van der Waals surface area contributed by atoms with E-state index in [4.69, 9.17) is 4.74 Å². The second kappa shape index (κ2) is 7.66. The van der Waals surface area contributed by atoms with Crippen molar-refractivity contribution in [3.63, 3.8) is 0 Å². The number of nitrogens with zero attached hydrogens (tertiary/aromatic N) is 1. The summed E-state index contributed by atoms with van der Waals surface area (Å²) in [4.78, 5) is 13.6. The second-order valence-corrected chi connectivity index (χ2v) is 7.18. The van der Waals surface area contributed by atoms with Gasteiger partial charge in [0.1, 0.15) is 0 Å². The quantitative estimate of drug-likeness (QED) is 0.729. The van der Waals surface area contributed by atoms with E-state index in [2.05, 4.69) is 16.7 Å². The van der Waals surface area contributed by atoms with Crippen LogP contribution in [0.3, 0.4) is 0 Å². The Morgan fingerprint density at radius 1 is 1.45 bits per heavy atom. The van der Waals surface area contributed by atoms with Crippen LogP contribution >= 0.6 is 11.8 Å². The molecule has 0 bridgehead atoms. The van der Waals surface area contributed by atoms with Crippen LogP contribution in [-0.4, -0.2) is 61.3 Å². The average Bonchev–Trinajstić information content (AvgIpc) is 2.47. The van der Waals surface area contributed by atoms with Crippen LogP contribution in [0.5, 0.6) is 0 Å². The predicted molar refractivity (Wildman–Crippen MR) is 82.1 cm³/mol. The topological polar surface area (TPSA) is 38.8 Å². The fourth-order valence-corrected chi connectivity index (χ4v) is 4.46. The smallest absolute Gasteiger partial charge is 0.305 e. The molecule has 1 atom stereocenters. The molecular formula is C15H27NO3S. The molecule has 2 saturated heterocycles. The molecule has 1 spiro atoms. The van der Waals surface area contributed by atoms with Gasteiger partial charge in [-0.3, -0.25) is 4.79 Å². The molecule has 2 fully saturated rings. The van der Waals surface area contributed by atoms with Crippen LogP contribution in [0.4, 0.5) is 0 Å². The zero-order valence-corrected chi connectivity index (χ0v) is 13.5. The lowest BCUT2D eigenvalue weighted by Crippen LogP contribution is -2.49. The predicted octanol–water partition coefficient (Wildman–Crippen LogP) is 2.32. The second-order valence-electron chi connectivity index (χ2n) is 5.95. The van der Waals surface area contributed by atoms with E-state index < -0.39 is 0 Å². The Morgan fingerprint density at radius 3 is 2.90 bits per heavy atom. The highest BCUT2D eigenvalue weighted by atomic mass is 32.2. The van der Waals surface area contributed by atoms with Gasteiger partial charge in [0.2, 0.25) is 0 Å². The van der Waals surface area contributed by atoms with Gasteiger partial charge < -0.3 is 14.4 Å². The Kier molecular flexibility index (Phi) is 6.18. The van der Waals surface area contributed by atoms with Crippen molar-refractivity contribution in [1.29, 1.82) is 0 Å². The standard InChI is InChI=1S/C15H27NO3S/c1-16(8-3-4-14(17)18-2)13-5-9-19-15(12-13)6-10-20-11-7-15/h13H,3-12H2,1-2H3. The van der Waals surface area contributed by atoms with E-state index in [9.17, 15) is 4.79 Å². The molecule has 1 unspecified atom stereocenters. The molecule has 0 aromatic carbocycles. The van der Waals surface area contributed by atoms with Crippen LogP contribution in [-0.2, 0) is 14.3 Å². The molecule has 0 saturated carbocycles. The number of carbonyl (C=O) groups excluding carboxylic acids is 1. The fourth-order valence-electron chi connectivity index (χ4n) is 3.23. The molecule has 4 nitrogen and oxygen atoms in total. The van der Waals surface area contributed by atoms with Gasteiger partial charge in [-0.1, -0.05) is 0 Å². The Labute approximate surface area is 126 Å². The normalized spacial score (nSPS) is 25.9. The molecule has 116 valence electrons. The maximum atomic E-state index is 11.1. The minimum atomic E-state index is -0.105. The Balaban J connectivity index is 1.77. The van der Waals surface area contributed by atoms with Crippen LogP contribution in [0.25, 0.3) is 0 Å². The minimum Gasteiger partial charge on any atom is -0.469 e. The van der Waals surface area contributed by atoms with Crippen molar-refractivity contribution < 1.29 is 14.3 Å². The molecule has 2 rings (SSSR count). The monoisotopic (exact) mass is 301 g/mol. The number of hydrogen-bond acceptors (Lipinski definition) is 5. The van der Waals surface area contributed by atoms with Crippen molar-refractivity contribution in [2.75, 3.05) is 38.8 Å². The lowest BCUT2D eigenvalue weighted by atomic mass is 9.85. The van der Waals surface area contributed by atoms with E-state index in [-0.39, 0.29) is 11.6 Å². The van der Waals surface area contributed by atoms with Crippen LogP contribution in [0.2, 0.25) is 0 Å². The van der Waals surface area contributed by atoms with Gasteiger partial charge in [0.05, 0.1) is 12.7 Å². The number of ether oxygens (including phenoxy) is 2. The number of carbonyl (C=O) groups is 1. The minimum absolute atomic E-state index is 0.105. The molecule has 5 heteroatoms. The third kappa shape index (κ3) is 4.37. The maximum Gasteiger partial charge on any atom is 0.305 e. The zero-order chi connectivity index (χ0) is 14.4. The van der Waals surface area contributed by atoms with Crippen molar-refractivity contribution in [3.8, 4) is 0 Å². The SMILES string of the molecule is COC(=O)CCCN(C)C1CCOC2(CCSCC2)C1. The first-order valence-corrected chi connectivity index (χ1v) is 8.79. The highest BCUT2D eigenvalue weighted by Crippen LogP contribution is 2.38. The molecule has 2 heterocycles. The Hall–Kier alpha value is -0.260. The molecule has 2 aliphatic heterocycles. The molecule has 0 radical (unpaired) electrons. The van der Waals surface area contributed by atoms with E-state index in [1.807, 2.05) is 11.8 Å². The van der Waals surface area contributed by atoms with Gasteiger partial charge in [-0.05, 0) is 57.2 Å². The van der Waals surface area contributed by atoms with Crippen molar-refractivity contribution in [2.45, 2.75) is 50.2 Å². The van der Waals surface area contributed by atoms with Gasteiger partial charge in [-0.15, -0.1) is 0 Å². The summed E-state index contributed by atoms with van der Waals surface area (Å²) in [5, 5.41) is 0. The van der Waals surface area contributed by atoms with Crippen LogP contribution in [0.1, 0.15) is 38.5 Å². The third-order valence-corrected chi connectivity index (χ3v) is 5.60. The fraction of sp³-hybridized carbons (Fsp3) is 0.933. The van der Waals surface area contributed by atoms with Gasteiger partial charge >= 0.3 is 5.97 Å². The Bertz CT molecular complexity index is 313. The highest BCUT2D eigenvalue weighted by molar-refractivity contribution is 7.99. The summed E-state index contributed by atoms with van der Waals surface area (Å²) in [5.41, 5.74) is 0.144. The first kappa shape index (κ1) is 16.1. The van der Waals surface area contributed by atoms with Crippen molar-refractivity contribution >= 4 is 17.7 Å². The summed E-state index contributed by atoms with van der Waals surface area (Å²) >= 11 is 2.05. The molecular weight excluding hydrogens is 274 g/mol. The van der Waals surface area contributed by atoms with Gasteiger partial charge in [0, 0.05) is 19.1 Å². The first-order chi connectivity index (χ1) is 9.65. The van der Waals surface area contributed by atoms with Crippen LogP contribution in [0.15, 0.2) is 0 Å². The van der Waals surface area contributed by atoms with Gasteiger partial charge in [0.25, 0.3) is 0 Å². The van der Waals surface area contributed by atoms with E-state index in [1.54, 1.807) is 0 Å². The molecule has 2 aliphatic rings. The van der Waals surface area contributed by atoms with Crippen LogP contribution in [0, 0.1) is 0 Å². The van der Waals surface area contributed by atoms with E-state index >= 15 is 0 Å². The van der Waals surface area contributed by atoms with Crippen molar-refractivity contribution in [3.05, 3.63) is 0 Å². The van der Waals surface area contributed by atoms with Gasteiger partial charge in [-0.25, -0.2) is 0 Å². The van der Waals surface area contributed by atoms with E-state index in [0.717, 1.165) is 32.4 Å². The number of rotatable bonds is 5. The van der Waals surface area contributed by atoms with Crippen LogP contribution < -0.4 is 0 Å². The number of thioether (sulfide) groups is 1. The summed E-state index contributed by atoms with van der Waals surface area (Å²) in [6.07, 6.45) is 6.06. The summed E-state index contributed by atoms with van der Waals surface area (Å²) in [6, 6.07) is 0.601. The molecule has 0 amide bonds. The summed E-state index contributed by atoms with van der Waals surface area (Å²) < 4.78 is 10.8. The van der Waals surface area contributed by atoms with Gasteiger partial charge in [0.15, 0.2) is 0 Å². The Morgan fingerprint density at radius 2 is 2.20 bits per heavy atom. The summed E-state index contributed by atoms with van der Waals surface area (Å²) in [5.74, 6) is 2.36. The molecule has 20 heavy (non-hydrogen) atoms. The lowest BCUT2D eigenvalue weighted by Gasteiger charge is -2.45.